The Morgan fingerprint density at radius 3 is 2.14 bits per heavy atom. The molecule has 110 valence electrons. The second-order valence-electron chi connectivity index (χ2n) is 4.26. The molecule has 0 heterocycles. The number of nitrogens with one attached hydrogen (secondary N) is 2. The molecule has 2 aromatic carbocycles. The number of anilines is 3. The number of carbonyl (C=O) groups excluding carboxylic acids is 1. The van der Waals surface area contributed by atoms with Crippen LogP contribution in [0.2, 0.25) is 0 Å². The first-order chi connectivity index (χ1) is 10.1. The lowest BCUT2D eigenvalue weighted by atomic mass is 10.2. The SMILES string of the molecule is COc1ccc(NC(=O)Nc2ccc(OC)cc2N)cc1. The van der Waals surface area contributed by atoms with E-state index in [4.69, 9.17) is 15.2 Å². The van der Waals surface area contributed by atoms with Crippen molar-refractivity contribution in [2.45, 2.75) is 0 Å². The molecule has 0 spiro atoms. The van der Waals surface area contributed by atoms with Crippen molar-refractivity contribution in [1.29, 1.82) is 0 Å². The standard InChI is InChI=1S/C15H17N3O3/c1-20-11-5-3-10(4-6-11)17-15(19)18-14-8-7-12(21-2)9-13(14)16/h3-9H,16H2,1-2H3,(H2,17,18,19). The molecule has 0 aliphatic rings. The van der Waals surface area contributed by atoms with E-state index >= 15 is 0 Å². The smallest absolute Gasteiger partial charge is 0.323 e. The normalized spacial score (nSPS) is 9.81. The minimum Gasteiger partial charge on any atom is -0.497 e. The molecule has 2 amide bonds. The zero-order valence-electron chi connectivity index (χ0n) is 11.8. The molecule has 2 aromatic rings. The lowest BCUT2D eigenvalue weighted by Gasteiger charge is -2.11. The fourth-order valence-corrected chi connectivity index (χ4v) is 1.74. The van der Waals surface area contributed by atoms with Crippen molar-refractivity contribution in [2.24, 2.45) is 0 Å². The number of carbonyl (C=O) groups is 1. The third-order valence-corrected chi connectivity index (χ3v) is 2.85. The average Bonchev–Trinajstić information content (AvgIpc) is 2.50. The molecule has 0 saturated carbocycles. The van der Waals surface area contributed by atoms with Crippen LogP contribution < -0.4 is 25.8 Å². The van der Waals surface area contributed by atoms with Gasteiger partial charge in [0.25, 0.3) is 0 Å². The predicted octanol–water partition coefficient (Wildman–Crippen LogP) is 2.93. The molecule has 0 unspecified atom stereocenters. The van der Waals surface area contributed by atoms with E-state index < -0.39 is 0 Å². The van der Waals surface area contributed by atoms with E-state index in [1.165, 1.54) is 0 Å². The van der Waals surface area contributed by atoms with Gasteiger partial charge in [-0.3, -0.25) is 0 Å². The Bertz CT molecular complexity index is 627. The van der Waals surface area contributed by atoms with Gasteiger partial charge in [0.2, 0.25) is 0 Å². The number of rotatable bonds is 4. The van der Waals surface area contributed by atoms with Gasteiger partial charge in [-0.1, -0.05) is 0 Å². The highest BCUT2D eigenvalue weighted by atomic mass is 16.5. The summed E-state index contributed by atoms with van der Waals surface area (Å²) < 4.78 is 10.1. The van der Waals surface area contributed by atoms with Crippen molar-refractivity contribution in [3.8, 4) is 11.5 Å². The van der Waals surface area contributed by atoms with Crippen molar-refractivity contribution in [2.75, 3.05) is 30.6 Å². The van der Waals surface area contributed by atoms with E-state index in [0.29, 0.717) is 22.8 Å². The third kappa shape index (κ3) is 3.79. The van der Waals surface area contributed by atoms with Crippen LogP contribution in [0.1, 0.15) is 0 Å². The summed E-state index contributed by atoms with van der Waals surface area (Å²) >= 11 is 0. The zero-order chi connectivity index (χ0) is 15.2. The summed E-state index contributed by atoms with van der Waals surface area (Å²) in [6.45, 7) is 0. The van der Waals surface area contributed by atoms with Gasteiger partial charge in [0.15, 0.2) is 0 Å². The zero-order valence-corrected chi connectivity index (χ0v) is 11.8. The van der Waals surface area contributed by atoms with Crippen LogP contribution in [-0.2, 0) is 0 Å². The summed E-state index contributed by atoms with van der Waals surface area (Å²) in [5, 5.41) is 5.38. The maximum absolute atomic E-state index is 11.9. The summed E-state index contributed by atoms with van der Waals surface area (Å²) in [5.41, 5.74) is 7.44. The Morgan fingerprint density at radius 2 is 1.57 bits per heavy atom. The Morgan fingerprint density at radius 1 is 0.952 bits per heavy atom. The molecule has 0 fully saturated rings. The van der Waals surface area contributed by atoms with Gasteiger partial charge in [-0.05, 0) is 36.4 Å². The molecule has 2 rings (SSSR count). The Hall–Kier alpha value is -2.89. The number of methoxy groups -OCH3 is 2. The van der Waals surface area contributed by atoms with Crippen LogP contribution in [0.25, 0.3) is 0 Å². The van der Waals surface area contributed by atoms with E-state index in [-0.39, 0.29) is 6.03 Å². The molecule has 0 aliphatic heterocycles. The van der Waals surface area contributed by atoms with Crippen LogP contribution >= 0.6 is 0 Å². The van der Waals surface area contributed by atoms with Crippen molar-refractivity contribution in [3.63, 3.8) is 0 Å². The van der Waals surface area contributed by atoms with Crippen molar-refractivity contribution < 1.29 is 14.3 Å². The monoisotopic (exact) mass is 287 g/mol. The first-order valence-corrected chi connectivity index (χ1v) is 6.28. The van der Waals surface area contributed by atoms with Gasteiger partial charge in [-0.2, -0.15) is 0 Å². The lowest BCUT2D eigenvalue weighted by Crippen LogP contribution is -2.20. The minimum absolute atomic E-state index is 0.378. The van der Waals surface area contributed by atoms with Gasteiger partial charge < -0.3 is 25.8 Å². The predicted molar refractivity (Wildman–Crippen MR) is 83.0 cm³/mol. The highest BCUT2D eigenvalue weighted by molar-refractivity contribution is 6.01. The maximum Gasteiger partial charge on any atom is 0.323 e. The van der Waals surface area contributed by atoms with Crippen LogP contribution in [0, 0.1) is 0 Å². The van der Waals surface area contributed by atoms with Crippen LogP contribution in [0.15, 0.2) is 42.5 Å². The molecule has 21 heavy (non-hydrogen) atoms. The highest BCUT2D eigenvalue weighted by Crippen LogP contribution is 2.24. The molecule has 6 nitrogen and oxygen atoms in total. The van der Waals surface area contributed by atoms with Gasteiger partial charge in [-0.25, -0.2) is 4.79 Å². The second-order valence-corrected chi connectivity index (χ2v) is 4.26. The van der Waals surface area contributed by atoms with E-state index in [1.54, 1.807) is 56.7 Å². The molecule has 6 heteroatoms. The van der Waals surface area contributed by atoms with Crippen LogP contribution in [0.4, 0.5) is 21.9 Å². The summed E-state index contributed by atoms with van der Waals surface area (Å²) in [6, 6.07) is 11.7. The number of ether oxygens (including phenoxy) is 2. The molecular weight excluding hydrogens is 270 g/mol. The fraction of sp³-hybridized carbons (Fsp3) is 0.133. The van der Waals surface area contributed by atoms with Crippen molar-refractivity contribution >= 4 is 23.1 Å². The largest absolute Gasteiger partial charge is 0.497 e. The van der Waals surface area contributed by atoms with Gasteiger partial charge in [0.05, 0.1) is 25.6 Å². The Kier molecular flexibility index (Phi) is 4.50. The van der Waals surface area contributed by atoms with Crippen molar-refractivity contribution in [3.05, 3.63) is 42.5 Å². The third-order valence-electron chi connectivity index (χ3n) is 2.85. The van der Waals surface area contributed by atoms with Crippen LogP contribution in [0.5, 0.6) is 11.5 Å². The van der Waals surface area contributed by atoms with Crippen molar-refractivity contribution in [1.82, 2.24) is 0 Å². The molecule has 0 radical (unpaired) electrons. The average molecular weight is 287 g/mol. The van der Waals surface area contributed by atoms with Gasteiger partial charge in [-0.15, -0.1) is 0 Å². The molecule has 0 aliphatic carbocycles. The van der Waals surface area contributed by atoms with Crippen LogP contribution in [-0.4, -0.2) is 20.3 Å². The van der Waals surface area contributed by atoms with E-state index in [0.717, 1.165) is 5.75 Å². The number of nitrogens with two attached hydrogens (primary N) is 1. The summed E-state index contributed by atoms with van der Waals surface area (Å²) in [7, 11) is 3.14. The second kappa shape index (κ2) is 6.51. The van der Waals surface area contributed by atoms with Gasteiger partial charge in [0.1, 0.15) is 11.5 Å². The molecule has 4 N–H and O–H groups in total. The number of benzene rings is 2. The Labute approximate surface area is 122 Å². The molecule has 0 aromatic heterocycles. The summed E-state index contributed by atoms with van der Waals surface area (Å²) in [6.07, 6.45) is 0. The first kappa shape index (κ1) is 14.5. The minimum atomic E-state index is -0.378. The number of hydrogen-bond donors (Lipinski definition) is 3. The number of urea groups is 1. The Balaban J connectivity index is 2.00. The fourth-order valence-electron chi connectivity index (χ4n) is 1.74. The van der Waals surface area contributed by atoms with Gasteiger partial charge >= 0.3 is 6.03 Å². The quantitative estimate of drug-likeness (QED) is 0.755. The molecule has 0 saturated heterocycles. The topological polar surface area (TPSA) is 85.6 Å². The van der Waals surface area contributed by atoms with E-state index in [2.05, 4.69) is 10.6 Å². The highest BCUT2D eigenvalue weighted by Gasteiger charge is 2.06. The van der Waals surface area contributed by atoms with Gasteiger partial charge in [0, 0.05) is 11.8 Å². The summed E-state index contributed by atoms with van der Waals surface area (Å²) in [5.74, 6) is 1.36. The maximum atomic E-state index is 11.9. The lowest BCUT2D eigenvalue weighted by molar-refractivity contribution is 0.262. The number of hydrogen-bond acceptors (Lipinski definition) is 4. The van der Waals surface area contributed by atoms with E-state index in [1.807, 2.05) is 0 Å². The first-order valence-electron chi connectivity index (χ1n) is 6.28. The molecular formula is C15H17N3O3. The molecule has 0 atom stereocenters. The number of amides is 2. The van der Waals surface area contributed by atoms with Crippen LogP contribution in [0.3, 0.4) is 0 Å². The molecule has 0 bridgehead atoms. The number of nitrogen functional groups attached to an aromatic ring is 1. The van der Waals surface area contributed by atoms with E-state index in [9.17, 15) is 4.79 Å². The summed E-state index contributed by atoms with van der Waals surface area (Å²) in [4.78, 5) is 11.9.